The van der Waals surface area contributed by atoms with Crippen LogP contribution in [0, 0.1) is 5.95 Å². The van der Waals surface area contributed by atoms with Crippen LogP contribution in [0.15, 0.2) is 18.2 Å². The SMILES string of the molecule is O=C(c1cccc(F)n1)N1CC[C@@H](O)C1. The summed E-state index contributed by atoms with van der Waals surface area (Å²) >= 11 is 0. The summed E-state index contributed by atoms with van der Waals surface area (Å²) in [7, 11) is 0. The van der Waals surface area contributed by atoms with Gasteiger partial charge in [-0.2, -0.15) is 4.39 Å². The van der Waals surface area contributed by atoms with Crippen LogP contribution >= 0.6 is 0 Å². The van der Waals surface area contributed by atoms with Gasteiger partial charge in [0.15, 0.2) is 0 Å². The van der Waals surface area contributed by atoms with Crippen LogP contribution in [0.4, 0.5) is 4.39 Å². The monoisotopic (exact) mass is 210 g/mol. The van der Waals surface area contributed by atoms with Crippen LogP contribution < -0.4 is 0 Å². The molecule has 1 aromatic heterocycles. The van der Waals surface area contributed by atoms with E-state index in [2.05, 4.69) is 4.98 Å². The molecule has 1 aliphatic rings. The molecule has 1 N–H and O–H groups in total. The second kappa shape index (κ2) is 3.94. The normalized spacial score (nSPS) is 20.7. The zero-order valence-corrected chi connectivity index (χ0v) is 8.06. The number of carbonyl (C=O) groups excluding carboxylic acids is 1. The lowest BCUT2D eigenvalue weighted by molar-refractivity contribution is 0.0758. The number of rotatable bonds is 1. The first-order chi connectivity index (χ1) is 7.16. The maximum absolute atomic E-state index is 12.8. The molecule has 1 aliphatic heterocycles. The number of carbonyl (C=O) groups is 1. The highest BCUT2D eigenvalue weighted by molar-refractivity contribution is 5.92. The van der Waals surface area contributed by atoms with E-state index >= 15 is 0 Å². The molecule has 0 aromatic carbocycles. The molecule has 1 amide bonds. The molecule has 1 atom stereocenters. The summed E-state index contributed by atoms with van der Waals surface area (Å²) < 4.78 is 12.8. The van der Waals surface area contributed by atoms with Crippen molar-refractivity contribution in [3.05, 3.63) is 29.8 Å². The van der Waals surface area contributed by atoms with E-state index in [-0.39, 0.29) is 11.6 Å². The van der Waals surface area contributed by atoms with Crippen LogP contribution in [0.3, 0.4) is 0 Å². The summed E-state index contributed by atoms with van der Waals surface area (Å²) in [4.78, 5) is 16.7. The minimum atomic E-state index is -0.666. The highest BCUT2D eigenvalue weighted by atomic mass is 19.1. The number of nitrogens with zero attached hydrogens (tertiary/aromatic N) is 2. The van der Waals surface area contributed by atoms with Gasteiger partial charge in [-0.25, -0.2) is 4.98 Å². The summed E-state index contributed by atoms with van der Waals surface area (Å²) in [6, 6.07) is 4.10. The van der Waals surface area contributed by atoms with Crippen LogP contribution in [0.2, 0.25) is 0 Å². The van der Waals surface area contributed by atoms with Gasteiger partial charge in [0.05, 0.1) is 6.10 Å². The van der Waals surface area contributed by atoms with Gasteiger partial charge in [-0.15, -0.1) is 0 Å². The Balaban J connectivity index is 2.14. The summed E-state index contributed by atoms with van der Waals surface area (Å²) in [5.74, 6) is -0.994. The third-order valence-corrected chi connectivity index (χ3v) is 2.38. The maximum Gasteiger partial charge on any atom is 0.272 e. The molecule has 5 heteroatoms. The van der Waals surface area contributed by atoms with Gasteiger partial charge in [-0.3, -0.25) is 4.79 Å². The van der Waals surface area contributed by atoms with E-state index in [0.717, 1.165) is 0 Å². The molecular formula is C10H11FN2O2. The molecule has 2 heterocycles. The Morgan fingerprint density at radius 2 is 2.40 bits per heavy atom. The van der Waals surface area contributed by atoms with Gasteiger partial charge in [0.2, 0.25) is 5.95 Å². The average Bonchev–Trinajstić information content (AvgIpc) is 2.64. The Hall–Kier alpha value is -1.49. The Bertz CT molecular complexity index is 383. The minimum absolute atomic E-state index is 0.0871. The average molecular weight is 210 g/mol. The molecule has 15 heavy (non-hydrogen) atoms. The summed E-state index contributed by atoms with van der Waals surface area (Å²) in [6.45, 7) is 0.801. The van der Waals surface area contributed by atoms with Gasteiger partial charge in [0.1, 0.15) is 5.69 Å². The lowest BCUT2D eigenvalue weighted by atomic mass is 10.3. The van der Waals surface area contributed by atoms with Crippen LogP contribution in [0.1, 0.15) is 16.9 Å². The number of pyridine rings is 1. The van der Waals surface area contributed by atoms with E-state index in [4.69, 9.17) is 0 Å². The van der Waals surface area contributed by atoms with E-state index in [0.29, 0.717) is 19.5 Å². The second-order valence-electron chi connectivity index (χ2n) is 3.54. The molecule has 1 aromatic rings. The van der Waals surface area contributed by atoms with Gasteiger partial charge in [0.25, 0.3) is 5.91 Å². The largest absolute Gasteiger partial charge is 0.391 e. The number of hydrogen-bond donors (Lipinski definition) is 1. The molecule has 2 rings (SSSR count). The first-order valence-corrected chi connectivity index (χ1v) is 4.77. The summed E-state index contributed by atoms with van der Waals surface area (Å²) in [6.07, 6.45) is 0.101. The molecule has 4 nitrogen and oxygen atoms in total. The highest BCUT2D eigenvalue weighted by Gasteiger charge is 2.26. The fourth-order valence-corrected chi connectivity index (χ4v) is 1.62. The van der Waals surface area contributed by atoms with Crippen LogP contribution in [0.5, 0.6) is 0 Å². The van der Waals surface area contributed by atoms with Crippen molar-refractivity contribution in [1.82, 2.24) is 9.88 Å². The number of β-amino-alcohol motifs (C(OH)–C–C–N with tert-alkyl or cyclic N) is 1. The maximum atomic E-state index is 12.8. The minimum Gasteiger partial charge on any atom is -0.391 e. The van der Waals surface area contributed by atoms with Crippen molar-refractivity contribution in [3.63, 3.8) is 0 Å². The predicted molar refractivity (Wildman–Crippen MR) is 50.7 cm³/mol. The number of halogens is 1. The molecule has 0 spiro atoms. The Morgan fingerprint density at radius 3 is 3.00 bits per heavy atom. The number of hydrogen-bond acceptors (Lipinski definition) is 3. The predicted octanol–water partition coefficient (Wildman–Crippen LogP) is 0.427. The fourth-order valence-electron chi connectivity index (χ4n) is 1.62. The number of likely N-dealkylation sites (tertiary alicyclic amines) is 1. The molecule has 1 saturated heterocycles. The third-order valence-electron chi connectivity index (χ3n) is 2.38. The van der Waals surface area contributed by atoms with E-state index in [1.807, 2.05) is 0 Å². The van der Waals surface area contributed by atoms with Gasteiger partial charge in [0, 0.05) is 13.1 Å². The lowest BCUT2D eigenvalue weighted by Gasteiger charge is -2.14. The van der Waals surface area contributed by atoms with Crippen molar-refractivity contribution in [2.24, 2.45) is 0 Å². The molecule has 0 radical (unpaired) electrons. The first kappa shape index (κ1) is 10.0. The summed E-state index contributed by atoms with van der Waals surface area (Å²) in [5, 5.41) is 9.26. The Kier molecular flexibility index (Phi) is 2.64. The van der Waals surface area contributed by atoms with Crippen LogP contribution in [-0.4, -0.2) is 40.1 Å². The quantitative estimate of drug-likeness (QED) is 0.684. The van der Waals surface area contributed by atoms with E-state index < -0.39 is 12.1 Å². The zero-order valence-electron chi connectivity index (χ0n) is 8.06. The van der Waals surface area contributed by atoms with Gasteiger partial charge in [-0.05, 0) is 18.6 Å². The number of amides is 1. The topological polar surface area (TPSA) is 53.4 Å². The van der Waals surface area contributed by atoms with E-state index in [1.54, 1.807) is 0 Å². The van der Waals surface area contributed by atoms with Crippen molar-refractivity contribution in [2.45, 2.75) is 12.5 Å². The molecule has 0 unspecified atom stereocenters. The number of aliphatic hydroxyl groups excluding tert-OH is 1. The molecular weight excluding hydrogens is 199 g/mol. The third kappa shape index (κ3) is 2.12. The van der Waals surface area contributed by atoms with Crippen molar-refractivity contribution in [2.75, 3.05) is 13.1 Å². The molecule has 1 fully saturated rings. The fraction of sp³-hybridized carbons (Fsp3) is 0.400. The highest BCUT2D eigenvalue weighted by Crippen LogP contribution is 2.12. The first-order valence-electron chi connectivity index (χ1n) is 4.77. The molecule has 0 bridgehead atoms. The standard InChI is InChI=1S/C10H11FN2O2/c11-9-3-1-2-8(12-9)10(15)13-5-4-7(14)6-13/h1-3,7,14H,4-6H2/t7-/m1/s1. The van der Waals surface area contributed by atoms with Crippen LogP contribution in [-0.2, 0) is 0 Å². The van der Waals surface area contributed by atoms with Crippen LogP contribution in [0.25, 0.3) is 0 Å². The van der Waals surface area contributed by atoms with Crippen molar-refractivity contribution >= 4 is 5.91 Å². The smallest absolute Gasteiger partial charge is 0.272 e. The van der Waals surface area contributed by atoms with Crippen molar-refractivity contribution in [1.29, 1.82) is 0 Å². The zero-order chi connectivity index (χ0) is 10.8. The lowest BCUT2D eigenvalue weighted by Crippen LogP contribution is -2.30. The second-order valence-corrected chi connectivity index (χ2v) is 3.54. The Labute approximate surface area is 86.4 Å². The van der Waals surface area contributed by atoms with E-state index in [9.17, 15) is 14.3 Å². The molecule has 80 valence electrons. The summed E-state index contributed by atoms with van der Waals surface area (Å²) in [5.41, 5.74) is 0.0871. The molecule has 0 saturated carbocycles. The van der Waals surface area contributed by atoms with E-state index in [1.165, 1.54) is 23.1 Å². The molecule has 0 aliphatic carbocycles. The van der Waals surface area contributed by atoms with Crippen molar-refractivity contribution in [3.8, 4) is 0 Å². The van der Waals surface area contributed by atoms with Gasteiger partial charge in [-0.1, -0.05) is 6.07 Å². The van der Waals surface area contributed by atoms with Crippen molar-refractivity contribution < 1.29 is 14.3 Å². The Morgan fingerprint density at radius 1 is 1.60 bits per heavy atom. The number of aliphatic hydroxyl groups is 1. The van der Waals surface area contributed by atoms with Gasteiger partial charge < -0.3 is 10.0 Å². The number of aromatic nitrogens is 1. The van der Waals surface area contributed by atoms with Gasteiger partial charge >= 0.3 is 0 Å².